The first kappa shape index (κ1) is 38.5. The molecule has 13 nitrogen and oxygen atoms in total. The fourth-order valence-electron chi connectivity index (χ4n) is 4.48. The van der Waals surface area contributed by atoms with E-state index in [4.69, 9.17) is 18.9 Å². The number of nitrogens with zero attached hydrogens (tertiary/aromatic N) is 5. The molecule has 2 saturated heterocycles. The van der Waals surface area contributed by atoms with Gasteiger partial charge in [-0.05, 0) is 68.2 Å². The summed E-state index contributed by atoms with van der Waals surface area (Å²) >= 11 is 6.60. The molecular weight excluding hydrogens is 714 g/mol. The third kappa shape index (κ3) is 11.6. The molecule has 0 spiro atoms. The van der Waals surface area contributed by atoms with Crippen LogP contribution in [-0.2, 0) is 23.3 Å². The maximum atomic E-state index is 12.1. The summed E-state index contributed by atoms with van der Waals surface area (Å²) in [6.07, 6.45) is 0.844. The van der Waals surface area contributed by atoms with Crippen LogP contribution in [0.5, 0.6) is 0 Å². The van der Waals surface area contributed by atoms with Crippen molar-refractivity contribution < 1.29 is 38.1 Å². The number of halogens is 1. The highest BCUT2D eigenvalue weighted by atomic mass is 79.9. The van der Waals surface area contributed by atoms with Crippen LogP contribution in [0.25, 0.3) is 0 Å². The van der Waals surface area contributed by atoms with E-state index >= 15 is 0 Å². The minimum absolute atomic E-state index is 0.288. The zero-order valence-corrected chi connectivity index (χ0v) is 31.6. The molecule has 0 bridgehead atoms. The second-order valence-electron chi connectivity index (χ2n) is 12.9. The second-order valence-corrected chi connectivity index (χ2v) is 16.1. The number of piperazine rings is 1. The molecule has 2 fully saturated rings. The van der Waals surface area contributed by atoms with Crippen LogP contribution in [0, 0.1) is 0 Å². The van der Waals surface area contributed by atoms with Gasteiger partial charge >= 0.3 is 24.1 Å². The summed E-state index contributed by atoms with van der Waals surface area (Å²) < 4.78 is 20.4. The van der Waals surface area contributed by atoms with Gasteiger partial charge in [0.05, 0.1) is 17.5 Å². The minimum Gasteiger partial charge on any atom is -0.461 e. The van der Waals surface area contributed by atoms with Crippen LogP contribution in [0.15, 0.2) is 10.8 Å². The molecule has 2 aliphatic rings. The van der Waals surface area contributed by atoms with Gasteiger partial charge in [-0.15, -0.1) is 22.7 Å². The molecule has 0 N–H and O–H groups in total. The van der Waals surface area contributed by atoms with E-state index in [2.05, 4.69) is 30.8 Å². The van der Waals surface area contributed by atoms with Crippen molar-refractivity contribution in [2.75, 3.05) is 57.4 Å². The highest BCUT2D eigenvalue weighted by Crippen LogP contribution is 2.43. The van der Waals surface area contributed by atoms with Gasteiger partial charge in [-0.2, -0.15) is 0 Å². The van der Waals surface area contributed by atoms with Gasteiger partial charge < -0.3 is 33.6 Å². The summed E-state index contributed by atoms with van der Waals surface area (Å²) in [5.74, 6) is -0.801. The van der Waals surface area contributed by atoms with Crippen molar-refractivity contribution in [3.63, 3.8) is 0 Å². The highest BCUT2D eigenvalue weighted by Gasteiger charge is 2.39. The summed E-state index contributed by atoms with van der Waals surface area (Å²) in [4.78, 5) is 61.8. The van der Waals surface area contributed by atoms with Crippen molar-refractivity contribution >= 4 is 67.9 Å². The molecule has 0 atom stereocenters. The summed E-state index contributed by atoms with van der Waals surface area (Å²) in [6.45, 7) is 19.0. The first-order valence-corrected chi connectivity index (χ1v) is 18.2. The third-order valence-electron chi connectivity index (χ3n) is 6.76. The quantitative estimate of drug-likeness (QED) is 0.186. The van der Waals surface area contributed by atoms with Crippen molar-refractivity contribution in [1.29, 1.82) is 0 Å². The maximum absolute atomic E-state index is 12.1. The number of hydrogen-bond donors (Lipinski definition) is 0. The van der Waals surface area contributed by atoms with Crippen molar-refractivity contribution in [3.8, 4) is 0 Å². The lowest BCUT2D eigenvalue weighted by Crippen LogP contribution is -2.50. The zero-order chi connectivity index (χ0) is 35.0. The lowest BCUT2D eigenvalue weighted by atomic mass is 9.97. The monoisotopic (exact) mass is 759 g/mol. The Hall–Kier alpha value is -2.98. The Morgan fingerprint density at radius 1 is 0.745 bits per heavy atom. The van der Waals surface area contributed by atoms with Crippen molar-refractivity contribution in [2.24, 2.45) is 0 Å². The van der Waals surface area contributed by atoms with Crippen molar-refractivity contribution in [2.45, 2.75) is 83.8 Å². The number of carbonyl (C=O) groups excluding carboxylic acids is 4. The molecule has 4 heterocycles. The second kappa shape index (κ2) is 16.4. The van der Waals surface area contributed by atoms with Gasteiger partial charge in [0.1, 0.15) is 16.2 Å². The zero-order valence-electron chi connectivity index (χ0n) is 28.4. The number of likely N-dealkylation sites (tertiary alicyclic amines) is 1. The number of alkyl halides is 1. The molecule has 16 heteroatoms. The Labute approximate surface area is 293 Å². The predicted molar refractivity (Wildman–Crippen MR) is 184 cm³/mol. The smallest absolute Gasteiger partial charge is 0.410 e. The molecule has 2 aromatic rings. The number of esters is 2. The molecule has 0 aromatic carbocycles. The van der Waals surface area contributed by atoms with E-state index in [1.165, 1.54) is 22.7 Å². The first-order valence-electron chi connectivity index (χ1n) is 15.6. The number of anilines is 1. The largest absolute Gasteiger partial charge is 0.461 e. The Balaban J connectivity index is 0.000000256. The molecule has 0 aliphatic carbocycles. The van der Waals surface area contributed by atoms with Gasteiger partial charge in [-0.25, -0.2) is 29.1 Å². The lowest BCUT2D eigenvalue weighted by molar-refractivity contribution is 0.0195. The number of carbonyl (C=O) groups is 4. The average molecular weight is 761 g/mol. The maximum Gasteiger partial charge on any atom is 0.410 e. The standard InChI is InChI=1S/C16H23BrN2O4S.C15H23N3O4S/c1-5-22-12(20)11-10-24-13(18-11)16(17)6-8-19(9-7-16)14(21)23-15(2,3)4;1-5-21-12(19)11-10-23-13(16-11)17-6-8-18(9-7-17)14(20)22-15(2,3)4/h10H,5-9H2,1-4H3;10H,5-9H2,1-4H3. The van der Waals surface area contributed by atoms with E-state index < -0.39 is 23.1 Å². The molecule has 0 radical (unpaired) electrons. The van der Waals surface area contributed by atoms with E-state index in [0.717, 1.165) is 10.1 Å². The number of aromatic nitrogens is 2. The summed E-state index contributed by atoms with van der Waals surface area (Å²) in [6, 6.07) is 0. The Morgan fingerprint density at radius 3 is 1.66 bits per heavy atom. The molecule has 2 aromatic heterocycles. The molecule has 0 unspecified atom stereocenters. The average Bonchev–Trinajstić information content (AvgIpc) is 3.68. The number of rotatable bonds is 6. The van der Waals surface area contributed by atoms with Gasteiger partial charge in [0, 0.05) is 50.0 Å². The van der Waals surface area contributed by atoms with Crippen molar-refractivity contribution in [1.82, 2.24) is 19.8 Å². The first-order chi connectivity index (χ1) is 21.9. The molecule has 47 heavy (non-hydrogen) atoms. The molecule has 2 aliphatic heterocycles. The van der Waals surface area contributed by atoms with Crippen LogP contribution in [0.3, 0.4) is 0 Å². The summed E-state index contributed by atoms with van der Waals surface area (Å²) in [7, 11) is 0. The van der Waals surface area contributed by atoms with Crippen LogP contribution in [0.1, 0.15) is 94.2 Å². The number of thiazole rings is 2. The topological polar surface area (TPSA) is 141 Å². The predicted octanol–water partition coefficient (Wildman–Crippen LogP) is 6.32. The van der Waals surface area contributed by atoms with E-state index in [1.807, 2.05) is 41.5 Å². The summed E-state index contributed by atoms with van der Waals surface area (Å²) in [5.41, 5.74) is -0.311. The summed E-state index contributed by atoms with van der Waals surface area (Å²) in [5, 5.41) is 5.04. The van der Waals surface area contributed by atoms with E-state index in [-0.39, 0.29) is 16.5 Å². The fourth-order valence-corrected chi connectivity index (χ4v) is 6.99. The fraction of sp³-hybridized carbons (Fsp3) is 0.677. The lowest BCUT2D eigenvalue weighted by Gasteiger charge is -2.37. The number of piperidine rings is 1. The molecule has 2 amide bonds. The molecular formula is C31H46BrN5O8S2. The van der Waals surface area contributed by atoms with Crippen molar-refractivity contribution in [3.05, 3.63) is 27.2 Å². The van der Waals surface area contributed by atoms with E-state index in [1.54, 1.807) is 34.4 Å². The van der Waals surface area contributed by atoms with Crippen LogP contribution in [-0.4, -0.2) is 108 Å². The highest BCUT2D eigenvalue weighted by molar-refractivity contribution is 9.09. The molecule has 4 rings (SSSR count). The normalized spacial score (nSPS) is 16.5. The SMILES string of the molecule is CCOC(=O)c1csc(C2(Br)CCN(C(=O)OC(C)(C)C)CC2)n1.CCOC(=O)c1csc(N2CCN(C(=O)OC(C)(C)C)CC2)n1. The number of hydrogen-bond acceptors (Lipinski definition) is 13. The molecule has 0 saturated carbocycles. The van der Waals surface area contributed by atoms with Gasteiger partial charge in [0.25, 0.3) is 0 Å². The van der Waals surface area contributed by atoms with E-state index in [9.17, 15) is 19.2 Å². The number of ether oxygens (including phenoxy) is 4. The van der Waals surface area contributed by atoms with Crippen LogP contribution in [0.4, 0.5) is 14.7 Å². The Morgan fingerprint density at radius 2 is 1.19 bits per heavy atom. The minimum atomic E-state index is -0.496. The Bertz CT molecular complexity index is 1370. The Kier molecular flexibility index (Phi) is 13.4. The third-order valence-corrected chi connectivity index (χ3v) is 10.1. The van der Waals surface area contributed by atoms with Crippen LogP contribution >= 0.6 is 38.6 Å². The molecule has 262 valence electrons. The van der Waals surface area contributed by atoms with Gasteiger partial charge in [0.2, 0.25) is 0 Å². The van der Waals surface area contributed by atoms with Gasteiger partial charge in [-0.3, -0.25) is 0 Å². The van der Waals surface area contributed by atoms with Gasteiger partial charge in [0.15, 0.2) is 16.5 Å². The number of amides is 2. The van der Waals surface area contributed by atoms with E-state index in [0.29, 0.717) is 76.7 Å². The van der Waals surface area contributed by atoms with Crippen LogP contribution < -0.4 is 4.90 Å². The van der Waals surface area contributed by atoms with Crippen LogP contribution in [0.2, 0.25) is 0 Å². The van der Waals surface area contributed by atoms with Gasteiger partial charge in [-0.1, -0.05) is 15.9 Å².